The van der Waals surface area contributed by atoms with Gasteiger partial charge >= 0.3 is 6.09 Å². The van der Waals surface area contributed by atoms with Crippen LogP contribution in [-0.4, -0.2) is 50.5 Å². The Morgan fingerprint density at radius 2 is 2.00 bits per heavy atom. The summed E-state index contributed by atoms with van der Waals surface area (Å²) in [7, 11) is 0.610. The van der Waals surface area contributed by atoms with Crippen LogP contribution in [0.25, 0.3) is 0 Å². The van der Waals surface area contributed by atoms with Crippen molar-refractivity contribution in [2.45, 2.75) is 70.3 Å². The molecule has 1 saturated carbocycles. The van der Waals surface area contributed by atoms with Crippen LogP contribution in [0.1, 0.15) is 38.5 Å². The molecule has 6 heteroatoms. The molecule has 1 atom stereocenters. The Bertz CT molecular complexity index is 413. The summed E-state index contributed by atoms with van der Waals surface area (Å²) in [5.74, 6) is 0.706. The van der Waals surface area contributed by atoms with Crippen LogP contribution in [0, 0.1) is 5.92 Å². The number of likely N-dealkylation sites (N-methyl/N-ethyl adjacent to an activating group) is 1. The van der Waals surface area contributed by atoms with Gasteiger partial charge in [0.25, 0.3) is 0 Å². The molecule has 23 heavy (non-hydrogen) atoms. The molecule has 1 fully saturated rings. The lowest BCUT2D eigenvalue weighted by molar-refractivity contribution is 0.112. The lowest BCUT2D eigenvalue weighted by Gasteiger charge is -2.27. The zero-order valence-electron chi connectivity index (χ0n) is 15.1. The van der Waals surface area contributed by atoms with Gasteiger partial charge in [-0.05, 0) is 30.6 Å². The Kier molecular flexibility index (Phi) is 9.03. The molecule has 1 rings (SSSR count). The van der Waals surface area contributed by atoms with E-state index in [1.54, 1.807) is 11.9 Å². The third kappa shape index (κ3) is 9.23. The fourth-order valence-electron chi connectivity index (χ4n) is 3.00. The highest BCUT2D eigenvalue weighted by Crippen LogP contribution is 2.28. The molecule has 0 aromatic heterocycles. The van der Waals surface area contributed by atoms with Crippen LogP contribution in [0.5, 0.6) is 0 Å². The van der Waals surface area contributed by atoms with Crippen LogP contribution in [0.4, 0.5) is 4.79 Å². The summed E-state index contributed by atoms with van der Waals surface area (Å²) >= 11 is 4.78. The van der Waals surface area contributed by atoms with E-state index in [1.165, 1.54) is 32.1 Å². The van der Waals surface area contributed by atoms with Crippen molar-refractivity contribution in [2.75, 3.05) is 20.2 Å². The summed E-state index contributed by atoms with van der Waals surface area (Å²) in [5.41, 5.74) is 0. The first-order chi connectivity index (χ1) is 10.8. The van der Waals surface area contributed by atoms with Crippen molar-refractivity contribution < 1.29 is 9.53 Å². The summed E-state index contributed by atoms with van der Waals surface area (Å²) < 4.78 is 5.38. The van der Waals surface area contributed by atoms with Gasteiger partial charge in [0.2, 0.25) is 0 Å². The number of rotatable bonds is 8. The number of isothiocyanates is 1. The third-order valence-electron chi connectivity index (χ3n) is 4.44. The third-order valence-corrected chi connectivity index (χ3v) is 6.25. The number of hydrogen-bond acceptors (Lipinski definition) is 4. The Morgan fingerprint density at radius 3 is 2.57 bits per heavy atom. The second-order valence-electron chi connectivity index (χ2n) is 7.92. The maximum atomic E-state index is 12.1. The Labute approximate surface area is 147 Å². The summed E-state index contributed by atoms with van der Waals surface area (Å²) in [6.07, 6.45) is 7.26. The standard InChI is InChI=1S/C17H32N2O2SSi/c1-19(17(20)21-10-11-23(2,3)4)13-16(18-14-22)12-15-8-6-5-7-9-15/h15-16H,5-13H2,1-4H3/t16-/m0/s1. The minimum Gasteiger partial charge on any atom is -0.450 e. The smallest absolute Gasteiger partial charge is 0.409 e. The van der Waals surface area contributed by atoms with Crippen molar-refractivity contribution in [3.05, 3.63) is 0 Å². The van der Waals surface area contributed by atoms with E-state index in [1.807, 2.05) is 0 Å². The van der Waals surface area contributed by atoms with Crippen molar-refractivity contribution in [2.24, 2.45) is 10.9 Å². The van der Waals surface area contributed by atoms with Crippen molar-refractivity contribution >= 4 is 31.5 Å². The van der Waals surface area contributed by atoms with E-state index in [0.717, 1.165) is 12.5 Å². The van der Waals surface area contributed by atoms with Crippen LogP contribution >= 0.6 is 12.2 Å². The van der Waals surface area contributed by atoms with E-state index in [4.69, 9.17) is 17.0 Å². The molecule has 1 aliphatic rings. The van der Waals surface area contributed by atoms with Gasteiger partial charge in [-0.3, -0.25) is 0 Å². The number of carbonyl (C=O) groups is 1. The maximum Gasteiger partial charge on any atom is 0.409 e. The first kappa shape index (κ1) is 20.3. The van der Waals surface area contributed by atoms with E-state index >= 15 is 0 Å². The average Bonchev–Trinajstić information content (AvgIpc) is 2.47. The van der Waals surface area contributed by atoms with Gasteiger partial charge in [-0.1, -0.05) is 51.7 Å². The lowest BCUT2D eigenvalue weighted by Crippen LogP contribution is -2.36. The van der Waals surface area contributed by atoms with Gasteiger partial charge in [-0.25, -0.2) is 9.79 Å². The molecule has 0 aromatic carbocycles. The lowest BCUT2D eigenvalue weighted by atomic mass is 9.85. The van der Waals surface area contributed by atoms with Crippen LogP contribution in [-0.2, 0) is 4.74 Å². The highest BCUT2D eigenvalue weighted by atomic mass is 32.1. The van der Waals surface area contributed by atoms with E-state index < -0.39 is 8.07 Å². The van der Waals surface area contributed by atoms with E-state index in [2.05, 4.69) is 29.8 Å². The number of hydrogen-bond donors (Lipinski definition) is 0. The molecule has 0 aliphatic heterocycles. The SMILES string of the molecule is CN(C[C@H](CC1CCCCC1)N=C=S)C(=O)OCC[Si](C)(C)C. The topological polar surface area (TPSA) is 41.9 Å². The van der Waals surface area contributed by atoms with Gasteiger partial charge in [0.05, 0.1) is 17.8 Å². The molecule has 0 N–H and O–H groups in total. The monoisotopic (exact) mass is 356 g/mol. The molecule has 0 saturated heterocycles. The highest BCUT2D eigenvalue weighted by molar-refractivity contribution is 7.78. The molecule has 0 radical (unpaired) electrons. The van der Waals surface area contributed by atoms with E-state index in [0.29, 0.717) is 19.1 Å². The largest absolute Gasteiger partial charge is 0.450 e. The van der Waals surface area contributed by atoms with Crippen LogP contribution in [0.15, 0.2) is 4.99 Å². The fourth-order valence-corrected chi connectivity index (χ4v) is 3.86. The molecule has 1 amide bonds. The summed E-state index contributed by atoms with van der Waals surface area (Å²) in [6.45, 7) is 7.91. The van der Waals surface area contributed by atoms with Crippen LogP contribution in [0.2, 0.25) is 25.7 Å². The van der Waals surface area contributed by atoms with Gasteiger partial charge in [0.15, 0.2) is 0 Å². The van der Waals surface area contributed by atoms with Gasteiger partial charge < -0.3 is 9.64 Å². The van der Waals surface area contributed by atoms with Gasteiger partial charge in [0, 0.05) is 21.7 Å². The predicted octanol–water partition coefficient (Wildman–Crippen LogP) is 4.83. The van der Waals surface area contributed by atoms with Crippen LogP contribution < -0.4 is 0 Å². The molecule has 4 nitrogen and oxygen atoms in total. The molecule has 0 unspecified atom stereocenters. The van der Waals surface area contributed by atoms with Crippen molar-refractivity contribution in [1.82, 2.24) is 4.90 Å². The number of carbonyl (C=O) groups excluding carboxylic acids is 1. The predicted molar refractivity (Wildman–Crippen MR) is 102 cm³/mol. The molecule has 0 bridgehead atoms. The van der Waals surface area contributed by atoms with E-state index in [9.17, 15) is 4.79 Å². The molecule has 0 heterocycles. The fraction of sp³-hybridized carbons (Fsp3) is 0.882. The minimum atomic E-state index is -1.17. The number of thiocarbonyl (C=S) groups is 1. The molecule has 132 valence electrons. The van der Waals surface area contributed by atoms with Gasteiger partial charge in [0.1, 0.15) is 0 Å². The molecular formula is C17H32N2O2SSi. The molecule has 0 aromatic rings. The highest BCUT2D eigenvalue weighted by Gasteiger charge is 2.22. The number of nitrogens with zero attached hydrogens (tertiary/aromatic N) is 2. The van der Waals surface area contributed by atoms with Gasteiger partial charge in [-0.15, -0.1) is 0 Å². The molecule has 1 aliphatic carbocycles. The number of ether oxygens (including phenoxy) is 1. The Balaban J connectivity index is 2.41. The van der Waals surface area contributed by atoms with Crippen LogP contribution in [0.3, 0.4) is 0 Å². The zero-order chi connectivity index (χ0) is 17.3. The quantitative estimate of drug-likeness (QED) is 0.355. The maximum absolute atomic E-state index is 12.1. The molecule has 0 spiro atoms. The van der Waals surface area contributed by atoms with Crippen molar-refractivity contribution in [1.29, 1.82) is 0 Å². The summed E-state index contributed by atoms with van der Waals surface area (Å²) in [4.78, 5) is 18.0. The van der Waals surface area contributed by atoms with Crippen molar-refractivity contribution in [3.8, 4) is 0 Å². The van der Waals surface area contributed by atoms with E-state index in [-0.39, 0.29) is 12.1 Å². The Morgan fingerprint density at radius 1 is 1.35 bits per heavy atom. The van der Waals surface area contributed by atoms with Gasteiger partial charge in [-0.2, -0.15) is 0 Å². The van der Waals surface area contributed by atoms with Crippen molar-refractivity contribution in [3.63, 3.8) is 0 Å². The normalized spacial score (nSPS) is 17.2. The minimum absolute atomic E-state index is 0.0464. The summed E-state index contributed by atoms with van der Waals surface area (Å²) in [5, 5.41) is 2.50. The number of aliphatic imine (C=N–C) groups is 1. The molecular weight excluding hydrogens is 324 g/mol. The summed E-state index contributed by atoms with van der Waals surface area (Å²) in [6, 6.07) is 1.04. The second-order valence-corrected chi connectivity index (χ2v) is 13.7. The second kappa shape index (κ2) is 10.2. The first-order valence-electron chi connectivity index (χ1n) is 8.76. The zero-order valence-corrected chi connectivity index (χ0v) is 17.0. The first-order valence-corrected chi connectivity index (χ1v) is 12.9. The average molecular weight is 357 g/mol. The number of amides is 1. The Hall–Kier alpha value is -0.713.